The topological polar surface area (TPSA) is 79.5 Å². The number of hydrogen-bond acceptors (Lipinski definition) is 3. The lowest BCUT2D eigenvalue weighted by Gasteiger charge is -2.12. The van der Waals surface area contributed by atoms with Gasteiger partial charge in [0.1, 0.15) is 11.6 Å². The molecule has 3 amide bonds. The van der Waals surface area contributed by atoms with Gasteiger partial charge in [-0.15, -0.1) is 0 Å². The van der Waals surface area contributed by atoms with Gasteiger partial charge < -0.3 is 20.7 Å². The second-order valence-corrected chi connectivity index (χ2v) is 4.23. The normalized spacial score (nSPS) is 9.86. The highest BCUT2D eigenvalue weighted by Crippen LogP contribution is 2.25. The summed E-state index contributed by atoms with van der Waals surface area (Å²) in [4.78, 5) is 23.0. The number of ether oxygens (including phenoxy) is 1. The maximum atomic E-state index is 13.1. The molecular weight excluding hydrogens is 277 g/mol. The maximum Gasteiger partial charge on any atom is 0.319 e. The molecule has 0 aliphatic rings. The van der Waals surface area contributed by atoms with Gasteiger partial charge in [0.25, 0.3) is 0 Å². The van der Waals surface area contributed by atoms with Crippen molar-refractivity contribution in [1.29, 1.82) is 0 Å². The lowest BCUT2D eigenvalue weighted by atomic mass is 10.3. The minimum atomic E-state index is -0.561. The number of halogens is 1. The molecule has 0 saturated heterocycles. The molecule has 21 heavy (non-hydrogen) atoms. The van der Waals surface area contributed by atoms with E-state index < -0.39 is 11.8 Å². The first kappa shape index (κ1) is 16.7. The van der Waals surface area contributed by atoms with Crippen LogP contribution in [0.3, 0.4) is 0 Å². The van der Waals surface area contributed by atoms with Gasteiger partial charge >= 0.3 is 6.03 Å². The van der Waals surface area contributed by atoms with Gasteiger partial charge in [0.15, 0.2) is 0 Å². The van der Waals surface area contributed by atoms with Crippen molar-refractivity contribution in [3.63, 3.8) is 0 Å². The molecule has 0 spiro atoms. The summed E-state index contributed by atoms with van der Waals surface area (Å²) in [6.45, 7) is 4.47. The van der Waals surface area contributed by atoms with Crippen molar-refractivity contribution >= 4 is 17.6 Å². The van der Waals surface area contributed by atoms with Gasteiger partial charge in [0, 0.05) is 12.6 Å². The van der Waals surface area contributed by atoms with Crippen molar-refractivity contribution < 1.29 is 18.7 Å². The van der Waals surface area contributed by atoms with E-state index in [0.717, 1.165) is 6.42 Å². The summed E-state index contributed by atoms with van der Waals surface area (Å²) >= 11 is 0. The van der Waals surface area contributed by atoms with Crippen molar-refractivity contribution in [1.82, 2.24) is 10.6 Å². The molecule has 0 heterocycles. The highest BCUT2D eigenvalue weighted by molar-refractivity contribution is 5.93. The summed E-state index contributed by atoms with van der Waals surface area (Å²) in [6.07, 6.45) is 0.825. The van der Waals surface area contributed by atoms with Crippen molar-refractivity contribution in [2.45, 2.75) is 20.3 Å². The van der Waals surface area contributed by atoms with Crippen LogP contribution < -0.4 is 20.7 Å². The Balaban J connectivity index is 2.52. The summed E-state index contributed by atoms with van der Waals surface area (Å²) in [5.41, 5.74) is 0.338. The van der Waals surface area contributed by atoms with Crippen LogP contribution in [0.25, 0.3) is 0 Å². The highest BCUT2D eigenvalue weighted by Gasteiger charge is 2.10. The fourth-order valence-electron chi connectivity index (χ4n) is 1.53. The van der Waals surface area contributed by atoms with Crippen LogP contribution in [0.4, 0.5) is 14.9 Å². The SMILES string of the molecule is CCCNC(=O)CNC(=O)Nc1ccc(F)cc1OCC. The number of nitrogens with one attached hydrogen (secondary N) is 3. The van der Waals surface area contributed by atoms with Gasteiger partial charge in [-0.25, -0.2) is 9.18 Å². The molecule has 0 unspecified atom stereocenters. The van der Waals surface area contributed by atoms with Gasteiger partial charge in [-0.3, -0.25) is 4.79 Å². The van der Waals surface area contributed by atoms with E-state index in [-0.39, 0.29) is 18.2 Å². The molecule has 1 rings (SSSR count). The molecular formula is C14H20FN3O3. The molecule has 0 saturated carbocycles. The number of carbonyl (C=O) groups excluding carboxylic acids is 2. The highest BCUT2D eigenvalue weighted by atomic mass is 19.1. The molecule has 0 aliphatic carbocycles. The molecule has 0 bridgehead atoms. The van der Waals surface area contributed by atoms with Gasteiger partial charge in [0.05, 0.1) is 18.8 Å². The Kier molecular flexibility index (Phi) is 7.00. The Bertz CT molecular complexity index is 494. The van der Waals surface area contributed by atoms with Crippen LogP contribution in [0.1, 0.15) is 20.3 Å². The van der Waals surface area contributed by atoms with Crippen molar-refractivity contribution in [2.75, 3.05) is 25.0 Å². The van der Waals surface area contributed by atoms with Crippen LogP contribution in [0.15, 0.2) is 18.2 Å². The minimum Gasteiger partial charge on any atom is -0.492 e. The van der Waals surface area contributed by atoms with E-state index >= 15 is 0 Å². The predicted octanol–water partition coefficient (Wildman–Crippen LogP) is 1.87. The molecule has 116 valence electrons. The Hall–Kier alpha value is -2.31. The van der Waals surface area contributed by atoms with Crippen LogP contribution in [-0.4, -0.2) is 31.6 Å². The second kappa shape index (κ2) is 8.78. The van der Waals surface area contributed by atoms with Crippen LogP contribution in [0.5, 0.6) is 5.75 Å². The minimum absolute atomic E-state index is 0.128. The Labute approximate surface area is 123 Å². The molecule has 0 fully saturated rings. The van der Waals surface area contributed by atoms with E-state index in [1.807, 2.05) is 6.92 Å². The lowest BCUT2D eigenvalue weighted by molar-refractivity contribution is -0.120. The van der Waals surface area contributed by atoms with Crippen LogP contribution >= 0.6 is 0 Å². The maximum absolute atomic E-state index is 13.1. The second-order valence-electron chi connectivity index (χ2n) is 4.23. The van der Waals surface area contributed by atoms with E-state index in [0.29, 0.717) is 18.8 Å². The zero-order valence-electron chi connectivity index (χ0n) is 12.2. The largest absolute Gasteiger partial charge is 0.492 e. The number of hydrogen-bond donors (Lipinski definition) is 3. The lowest BCUT2D eigenvalue weighted by Crippen LogP contribution is -2.39. The van der Waals surface area contributed by atoms with Crippen LogP contribution in [-0.2, 0) is 4.79 Å². The van der Waals surface area contributed by atoms with Gasteiger partial charge in [-0.1, -0.05) is 6.92 Å². The zero-order chi connectivity index (χ0) is 15.7. The van der Waals surface area contributed by atoms with E-state index in [1.165, 1.54) is 18.2 Å². The molecule has 6 nitrogen and oxygen atoms in total. The van der Waals surface area contributed by atoms with E-state index in [2.05, 4.69) is 16.0 Å². The Morgan fingerprint density at radius 3 is 2.67 bits per heavy atom. The molecule has 0 radical (unpaired) electrons. The third-order valence-electron chi connectivity index (χ3n) is 2.47. The smallest absolute Gasteiger partial charge is 0.319 e. The first-order valence-electron chi connectivity index (χ1n) is 6.80. The number of benzene rings is 1. The quantitative estimate of drug-likeness (QED) is 0.719. The van der Waals surface area contributed by atoms with Gasteiger partial charge in [-0.2, -0.15) is 0 Å². The predicted molar refractivity (Wildman–Crippen MR) is 77.9 cm³/mol. The average molecular weight is 297 g/mol. The average Bonchev–Trinajstić information content (AvgIpc) is 2.46. The summed E-state index contributed by atoms with van der Waals surface area (Å²) in [6, 6.07) is 3.24. The van der Waals surface area contributed by atoms with E-state index in [4.69, 9.17) is 4.74 Å². The van der Waals surface area contributed by atoms with Crippen LogP contribution in [0, 0.1) is 5.82 Å². The van der Waals surface area contributed by atoms with Crippen LogP contribution in [0.2, 0.25) is 0 Å². The van der Waals surface area contributed by atoms with Crippen molar-refractivity contribution in [2.24, 2.45) is 0 Å². The van der Waals surface area contributed by atoms with Crippen molar-refractivity contribution in [3.8, 4) is 5.75 Å². The standard InChI is InChI=1S/C14H20FN3O3/c1-3-7-16-13(19)9-17-14(20)18-11-6-5-10(15)8-12(11)21-4-2/h5-6,8H,3-4,7,9H2,1-2H3,(H,16,19)(H2,17,18,20). The number of carbonyl (C=O) groups is 2. The Morgan fingerprint density at radius 2 is 2.00 bits per heavy atom. The number of anilines is 1. The first-order chi connectivity index (χ1) is 10.1. The number of rotatable bonds is 7. The van der Waals surface area contributed by atoms with Gasteiger partial charge in [-0.05, 0) is 25.5 Å². The van der Waals surface area contributed by atoms with E-state index in [1.54, 1.807) is 6.92 Å². The Morgan fingerprint density at radius 1 is 1.24 bits per heavy atom. The molecule has 0 aromatic heterocycles. The summed E-state index contributed by atoms with van der Waals surface area (Å²) in [7, 11) is 0. The number of urea groups is 1. The van der Waals surface area contributed by atoms with E-state index in [9.17, 15) is 14.0 Å². The molecule has 1 aromatic rings. The van der Waals surface area contributed by atoms with Crippen molar-refractivity contribution in [3.05, 3.63) is 24.0 Å². The molecule has 0 atom stereocenters. The molecule has 0 aliphatic heterocycles. The monoisotopic (exact) mass is 297 g/mol. The zero-order valence-corrected chi connectivity index (χ0v) is 12.2. The summed E-state index contributed by atoms with van der Waals surface area (Å²) < 4.78 is 18.4. The molecule has 7 heteroatoms. The fourth-order valence-corrected chi connectivity index (χ4v) is 1.53. The summed E-state index contributed by atoms with van der Waals surface area (Å²) in [5.74, 6) is -0.484. The third kappa shape index (κ3) is 6.11. The molecule has 1 aromatic carbocycles. The summed E-state index contributed by atoms with van der Waals surface area (Å²) in [5, 5.41) is 7.56. The third-order valence-corrected chi connectivity index (χ3v) is 2.47. The molecule has 3 N–H and O–H groups in total. The van der Waals surface area contributed by atoms with Gasteiger partial charge in [0.2, 0.25) is 5.91 Å². The first-order valence-corrected chi connectivity index (χ1v) is 6.80. The fraction of sp³-hybridized carbons (Fsp3) is 0.429. The number of amides is 3.